The lowest BCUT2D eigenvalue weighted by atomic mass is 10.0. The van der Waals surface area contributed by atoms with Gasteiger partial charge in [-0.2, -0.15) is 0 Å². The van der Waals surface area contributed by atoms with E-state index in [1.54, 1.807) is 18.2 Å². The van der Waals surface area contributed by atoms with Crippen LogP contribution >= 0.6 is 23.2 Å². The molecule has 0 saturated carbocycles. The van der Waals surface area contributed by atoms with E-state index in [-0.39, 0.29) is 0 Å². The smallest absolute Gasteiger partial charge is 0.325 e. The van der Waals surface area contributed by atoms with Crippen LogP contribution in [0.25, 0.3) is 0 Å². The molecule has 1 N–H and O–H groups in total. The molecule has 1 saturated heterocycles. The summed E-state index contributed by atoms with van der Waals surface area (Å²) in [6.07, 6.45) is 3.24. The van der Waals surface area contributed by atoms with Crippen LogP contribution in [0.3, 0.4) is 0 Å². The first-order valence-electron chi connectivity index (χ1n) is 6.01. The highest BCUT2D eigenvalue weighted by Crippen LogP contribution is 2.31. The maximum Gasteiger partial charge on any atom is 0.325 e. The molecule has 1 atom stereocenters. The lowest BCUT2D eigenvalue weighted by molar-refractivity contribution is -0.144. The van der Waals surface area contributed by atoms with Crippen molar-refractivity contribution >= 4 is 29.2 Å². The molecule has 1 aliphatic rings. The van der Waals surface area contributed by atoms with Crippen molar-refractivity contribution in [2.45, 2.75) is 25.3 Å². The van der Waals surface area contributed by atoms with E-state index in [1.165, 1.54) is 0 Å². The van der Waals surface area contributed by atoms with Gasteiger partial charge >= 0.3 is 5.97 Å². The first-order valence-corrected chi connectivity index (χ1v) is 6.77. The lowest BCUT2D eigenvalue weighted by Crippen LogP contribution is -2.38. The monoisotopic (exact) mass is 287 g/mol. The van der Waals surface area contributed by atoms with Crippen molar-refractivity contribution in [3.05, 3.63) is 33.8 Å². The molecule has 1 heterocycles. The maximum absolute atomic E-state index is 11.5. The van der Waals surface area contributed by atoms with Gasteiger partial charge in [-0.05, 0) is 43.6 Å². The molecule has 5 heteroatoms. The summed E-state index contributed by atoms with van der Waals surface area (Å²) in [6.45, 7) is 1.60. The first kappa shape index (κ1) is 13.7. The molecule has 0 amide bonds. The predicted octanol–water partition coefficient (Wildman–Crippen LogP) is 3.61. The third-order valence-corrected chi connectivity index (χ3v) is 3.81. The summed E-state index contributed by atoms with van der Waals surface area (Å²) in [4.78, 5) is 13.5. The van der Waals surface area contributed by atoms with Gasteiger partial charge in [0.1, 0.15) is 6.04 Å². The fraction of sp³-hybridized carbons (Fsp3) is 0.462. The van der Waals surface area contributed by atoms with Crippen molar-refractivity contribution in [1.29, 1.82) is 0 Å². The van der Waals surface area contributed by atoms with E-state index in [2.05, 4.69) is 0 Å². The number of hydrogen-bond donors (Lipinski definition) is 1. The van der Waals surface area contributed by atoms with E-state index in [0.29, 0.717) is 15.6 Å². The van der Waals surface area contributed by atoms with Gasteiger partial charge in [0.05, 0.1) is 0 Å². The Kier molecular flexibility index (Phi) is 4.49. The fourth-order valence-electron chi connectivity index (χ4n) is 2.39. The molecule has 1 aliphatic heterocycles. The Labute approximate surface area is 116 Å². The molecule has 0 bridgehead atoms. The summed E-state index contributed by atoms with van der Waals surface area (Å²) in [5.41, 5.74) is 0.621. The van der Waals surface area contributed by atoms with Crippen molar-refractivity contribution in [3.8, 4) is 0 Å². The largest absolute Gasteiger partial charge is 0.480 e. The molecule has 1 fully saturated rings. The number of carboxylic acid groups (broad SMARTS) is 1. The molecule has 1 aromatic carbocycles. The second-order valence-electron chi connectivity index (χ2n) is 4.50. The van der Waals surface area contributed by atoms with Crippen LogP contribution in [0.1, 0.15) is 30.9 Å². The minimum absolute atomic E-state index is 0.417. The number of likely N-dealkylation sites (tertiary alicyclic amines) is 1. The molecule has 1 aromatic rings. The van der Waals surface area contributed by atoms with Crippen LogP contribution in [0.15, 0.2) is 18.2 Å². The molecule has 0 aliphatic carbocycles. The maximum atomic E-state index is 11.5. The fourth-order valence-corrected chi connectivity index (χ4v) is 2.90. The van der Waals surface area contributed by atoms with E-state index < -0.39 is 12.0 Å². The van der Waals surface area contributed by atoms with Crippen LogP contribution in [0.5, 0.6) is 0 Å². The lowest BCUT2D eigenvalue weighted by Gasteiger charge is -2.32. The van der Waals surface area contributed by atoms with Crippen LogP contribution < -0.4 is 0 Å². The van der Waals surface area contributed by atoms with Gasteiger partial charge in [-0.3, -0.25) is 9.69 Å². The number of halogens is 2. The normalized spacial score (nSPS) is 18.6. The van der Waals surface area contributed by atoms with Crippen molar-refractivity contribution in [3.63, 3.8) is 0 Å². The van der Waals surface area contributed by atoms with Gasteiger partial charge < -0.3 is 5.11 Å². The zero-order valence-electron chi connectivity index (χ0n) is 9.90. The number of aliphatic carboxylic acids is 1. The Hall–Kier alpha value is -0.770. The number of carboxylic acids is 1. The molecule has 0 aromatic heterocycles. The summed E-state index contributed by atoms with van der Waals surface area (Å²) in [6, 6.07) is 4.31. The number of rotatable bonds is 3. The van der Waals surface area contributed by atoms with Gasteiger partial charge in [0.2, 0.25) is 0 Å². The molecule has 0 spiro atoms. The van der Waals surface area contributed by atoms with Gasteiger partial charge in [0.15, 0.2) is 0 Å². The minimum Gasteiger partial charge on any atom is -0.480 e. The van der Waals surface area contributed by atoms with Gasteiger partial charge in [0.25, 0.3) is 0 Å². The summed E-state index contributed by atoms with van der Waals surface area (Å²) in [5.74, 6) is -0.860. The predicted molar refractivity (Wildman–Crippen MR) is 72.3 cm³/mol. The van der Waals surface area contributed by atoms with Crippen LogP contribution in [0.2, 0.25) is 10.0 Å². The Morgan fingerprint density at radius 1 is 1.22 bits per heavy atom. The molecular formula is C13H15Cl2NO2. The molecule has 0 radical (unpaired) electrons. The van der Waals surface area contributed by atoms with Gasteiger partial charge in [-0.1, -0.05) is 35.7 Å². The number of hydrogen-bond acceptors (Lipinski definition) is 2. The molecular weight excluding hydrogens is 273 g/mol. The van der Waals surface area contributed by atoms with Crippen molar-refractivity contribution in [2.75, 3.05) is 13.1 Å². The Morgan fingerprint density at radius 2 is 1.89 bits per heavy atom. The highest BCUT2D eigenvalue weighted by atomic mass is 35.5. The summed E-state index contributed by atoms with van der Waals surface area (Å²) in [7, 11) is 0. The third-order valence-electron chi connectivity index (χ3n) is 3.25. The molecule has 2 rings (SSSR count). The molecule has 18 heavy (non-hydrogen) atoms. The highest BCUT2D eigenvalue weighted by Gasteiger charge is 2.30. The number of nitrogens with zero attached hydrogens (tertiary/aromatic N) is 1. The van der Waals surface area contributed by atoms with Gasteiger partial charge in [-0.15, -0.1) is 0 Å². The number of piperidine rings is 1. The quantitative estimate of drug-likeness (QED) is 0.923. The topological polar surface area (TPSA) is 40.5 Å². The zero-order chi connectivity index (χ0) is 13.1. The molecule has 0 unspecified atom stereocenters. The molecule has 3 nitrogen and oxygen atoms in total. The van der Waals surface area contributed by atoms with Crippen molar-refractivity contribution in [2.24, 2.45) is 0 Å². The van der Waals surface area contributed by atoms with E-state index in [1.807, 2.05) is 4.90 Å². The Balaban J connectivity index is 2.31. The van der Waals surface area contributed by atoms with Crippen LogP contribution in [0, 0.1) is 0 Å². The van der Waals surface area contributed by atoms with E-state index in [4.69, 9.17) is 23.2 Å². The third kappa shape index (κ3) is 2.97. The second-order valence-corrected chi connectivity index (χ2v) is 5.35. The first-order chi connectivity index (χ1) is 8.59. The van der Waals surface area contributed by atoms with E-state index in [0.717, 1.165) is 32.4 Å². The Morgan fingerprint density at radius 3 is 2.44 bits per heavy atom. The SMILES string of the molecule is O=C(O)[C@H](c1ccc(Cl)cc1Cl)N1CCCCC1. The van der Waals surface area contributed by atoms with Crippen molar-refractivity contribution < 1.29 is 9.90 Å². The Bertz CT molecular complexity index is 445. The highest BCUT2D eigenvalue weighted by molar-refractivity contribution is 6.35. The van der Waals surface area contributed by atoms with E-state index >= 15 is 0 Å². The minimum atomic E-state index is -0.860. The van der Waals surface area contributed by atoms with E-state index in [9.17, 15) is 9.90 Å². The van der Waals surface area contributed by atoms with Crippen molar-refractivity contribution in [1.82, 2.24) is 4.90 Å². The number of benzene rings is 1. The van der Waals surface area contributed by atoms with Crippen LogP contribution in [-0.4, -0.2) is 29.1 Å². The average molecular weight is 288 g/mol. The molecule has 98 valence electrons. The van der Waals surface area contributed by atoms with Crippen LogP contribution in [0.4, 0.5) is 0 Å². The van der Waals surface area contributed by atoms with Gasteiger partial charge in [0, 0.05) is 10.0 Å². The van der Waals surface area contributed by atoms with Gasteiger partial charge in [-0.25, -0.2) is 0 Å². The van der Waals surface area contributed by atoms with Crippen LogP contribution in [-0.2, 0) is 4.79 Å². The number of carbonyl (C=O) groups is 1. The summed E-state index contributed by atoms with van der Waals surface area (Å²) >= 11 is 12.0. The average Bonchev–Trinajstić information content (AvgIpc) is 2.33. The second kappa shape index (κ2) is 5.91. The summed E-state index contributed by atoms with van der Waals surface area (Å²) < 4.78 is 0. The summed E-state index contributed by atoms with van der Waals surface area (Å²) in [5, 5.41) is 10.4. The standard InChI is InChI=1S/C13H15Cl2NO2/c14-9-4-5-10(11(15)8-9)12(13(17)18)16-6-2-1-3-7-16/h4-5,8,12H,1-3,6-7H2,(H,17,18)/t12-/m0/s1. The zero-order valence-corrected chi connectivity index (χ0v) is 11.4.